The van der Waals surface area contributed by atoms with Gasteiger partial charge >= 0.3 is 5.97 Å². The van der Waals surface area contributed by atoms with Crippen molar-refractivity contribution in [3.63, 3.8) is 0 Å². The van der Waals surface area contributed by atoms with E-state index in [1.54, 1.807) is 6.07 Å². The average molecular weight is 385 g/mol. The molecular formula is C22H27NO5. The number of anilines is 1. The lowest BCUT2D eigenvalue weighted by atomic mass is 10.0. The number of benzene rings is 2. The summed E-state index contributed by atoms with van der Waals surface area (Å²) < 4.78 is 15.3. The van der Waals surface area contributed by atoms with Gasteiger partial charge < -0.3 is 19.5 Å². The lowest BCUT2D eigenvalue weighted by Crippen LogP contribution is -2.17. The van der Waals surface area contributed by atoms with Crippen molar-refractivity contribution in [2.75, 3.05) is 26.6 Å². The quantitative estimate of drug-likeness (QED) is 0.660. The van der Waals surface area contributed by atoms with Gasteiger partial charge in [0.25, 0.3) is 0 Å². The Balaban J connectivity index is 2.16. The number of hydrogen-bond acceptors (Lipinski definition) is 5. The lowest BCUT2D eigenvalue weighted by Gasteiger charge is -2.14. The number of amides is 1. The zero-order chi connectivity index (χ0) is 20.5. The third-order valence-corrected chi connectivity index (χ3v) is 4.41. The molecule has 0 atom stereocenters. The molecule has 1 N–H and O–H groups in total. The van der Waals surface area contributed by atoms with Crippen molar-refractivity contribution in [3.8, 4) is 11.5 Å². The first-order chi connectivity index (χ1) is 13.5. The van der Waals surface area contributed by atoms with Crippen LogP contribution in [0.15, 0.2) is 36.4 Å². The molecule has 0 saturated carbocycles. The fourth-order valence-electron chi connectivity index (χ4n) is 2.85. The molecule has 6 nitrogen and oxygen atoms in total. The van der Waals surface area contributed by atoms with Crippen LogP contribution in [0.2, 0.25) is 0 Å². The highest BCUT2D eigenvalue weighted by Crippen LogP contribution is 2.33. The van der Waals surface area contributed by atoms with Gasteiger partial charge in [-0.25, -0.2) is 4.79 Å². The van der Waals surface area contributed by atoms with Gasteiger partial charge in [0.05, 0.1) is 39.0 Å². The Bertz CT molecular complexity index is 814. The summed E-state index contributed by atoms with van der Waals surface area (Å²) in [6.07, 6.45) is 3.54. The zero-order valence-electron chi connectivity index (χ0n) is 16.8. The molecule has 0 heterocycles. The molecule has 0 aromatic heterocycles. The van der Waals surface area contributed by atoms with Crippen molar-refractivity contribution in [1.82, 2.24) is 0 Å². The minimum atomic E-state index is -0.573. The van der Waals surface area contributed by atoms with Crippen molar-refractivity contribution in [1.29, 1.82) is 0 Å². The summed E-state index contributed by atoms with van der Waals surface area (Å²) in [7, 11) is 4.24. The van der Waals surface area contributed by atoms with Crippen LogP contribution in [-0.2, 0) is 22.4 Å². The van der Waals surface area contributed by atoms with E-state index in [-0.39, 0.29) is 17.9 Å². The summed E-state index contributed by atoms with van der Waals surface area (Å²) in [4.78, 5) is 24.6. The first kappa shape index (κ1) is 21.3. The van der Waals surface area contributed by atoms with Crippen molar-refractivity contribution in [2.45, 2.75) is 32.6 Å². The van der Waals surface area contributed by atoms with Crippen molar-refractivity contribution in [3.05, 3.63) is 53.1 Å². The molecule has 2 aromatic rings. The van der Waals surface area contributed by atoms with Gasteiger partial charge in [-0.1, -0.05) is 37.6 Å². The lowest BCUT2D eigenvalue weighted by molar-refractivity contribution is -0.115. The molecule has 0 aliphatic heterocycles. The standard InChI is InChI=1S/C22H27NO5/c1-5-6-7-15-8-10-16(11-9-15)12-21(24)23-18-14-20(27-3)19(26-2)13-17(18)22(25)28-4/h8-11,13-14H,5-7,12H2,1-4H3,(H,23,24). The predicted molar refractivity (Wildman–Crippen MR) is 108 cm³/mol. The number of rotatable bonds is 9. The molecule has 0 aliphatic rings. The van der Waals surface area contributed by atoms with Crippen molar-refractivity contribution >= 4 is 17.6 Å². The van der Waals surface area contributed by atoms with Gasteiger partial charge in [-0.15, -0.1) is 0 Å². The average Bonchev–Trinajstić information content (AvgIpc) is 2.72. The smallest absolute Gasteiger partial charge is 0.340 e. The maximum Gasteiger partial charge on any atom is 0.340 e. The summed E-state index contributed by atoms with van der Waals surface area (Å²) in [6, 6.07) is 11.1. The Morgan fingerprint density at radius 1 is 0.929 bits per heavy atom. The van der Waals surface area contributed by atoms with Gasteiger partial charge in [0.2, 0.25) is 5.91 Å². The predicted octanol–water partition coefficient (Wildman–Crippen LogP) is 4.01. The monoisotopic (exact) mass is 385 g/mol. The van der Waals surface area contributed by atoms with E-state index in [9.17, 15) is 9.59 Å². The largest absolute Gasteiger partial charge is 0.493 e. The van der Waals surface area contributed by atoms with Gasteiger partial charge in [0, 0.05) is 12.1 Å². The highest BCUT2D eigenvalue weighted by Gasteiger charge is 2.19. The molecule has 0 radical (unpaired) electrons. The van der Waals surface area contributed by atoms with Gasteiger partial charge in [-0.3, -0.25) is 4.79 Å². The second kappa shape index (κ2) is 10.3. The van der Waals surface area contributed by atoms with Crippen LogP contribution in [-0.4, -0.2) is 33.2 Å². The summed E-state index contributed by atoms with van der Waals surface area (Å²) in [5.41, 5.74) is 2.68. The summed E-state index contributed by atoms with van der Waals surface area (Å²) >= 11 is 0. The van der Waals surface area contributed by atoms with Gasteiger partial charge in [0.1, 0.15) is 0 Å². The molecule has 6 heteroatoms. The molecule has 150 valence electrons. The second-order valence-corrected chi connectivity index (χ2v) is 6.39. The normalized spacial score (nSPS) is 10.3. The Hall–Kier alpha value is -3.02. The van der Waals surface area contributed by atoms with E-state index < -0.39 is 5.97 Å². The molecule has 0 bridgehead atoms. The number of nitrogens with one attached hydrogen (secondary N) is 1. The fourth-order valence-corrected chi connectivity index (χ4v) is 2.85. The molecule has 0 fully saturated rings. The molecule has 28 heavy (non-hydrogen) atoms. The number of methoxy groups -OCH3 is 3. The van der Waals surface area contributed by atoms with Crippen LogP contribution < -0.4 is 14.8 Å². The molecule has 2 rings (SSSR count). The number of ether oxygens (including phenoxy) is 3. The van der Waals surface area contributed by atoms with Gasteiger partial charge in [-0.2, -0.15) is 0 Å². The van der Waals surface area contributed by atoms with Crippen LogP contribution in [0.1, 0.15) is 41.3 Å². The first-order valence-electron chi connectivity index (χ1n) is 9.24. The number of carbonyl (C=O) groups is 2. The molecule has 0 unspecified atom stereocenters. The van der Waals surface area contributed by atoms with E-state index in [0.29, 0.717) is 17.2 Å². The topological polar surface area (TPSA) is 73.9 Å². The third kappa shape index (κ3) is 5.49. The SMILES string of the molecule is CCCCc1ccc(CC(=O)Nc2cc(OC)c(OC)cc2C(=O)OC)cc1. The van der Waals surface area contributed by atoms with Gasteiger partial charge in [-0.05, 0) is 24.0 Å². The van der Waals surface area contributed by atoms with Crippen LogP contribution in [0, 0.1) is 0 Å². The maximum absolute atomic E-state index is 12.5. The summed E-state index contributed by atoms with van der Waals surface area (Å²) in [5.74, 6) is -0.0236. The molecule has 0 spiro atoms. The van der Waals surface area contributed by atoms with Crippen molar-refractivity contribution < 1.29 is 23.8 Å². The number of carbonyl (C=O) groups excluding carboxylic acids is 2. The number of unbranched alkanes of at least 4 members (excludes halogenated alkanes) is 1. The van der Waals surface area contributed by atoms with Crippen LogP contribution in [0.4, 0.5) is 5.69 Å². The van der Waals surface area contributed by atoms with Crippen molar-refractivity contribution in [2.24, 2.45) is 0 Å². The second-order valence-electron chi connectivity index (χ2n) is 6.39. The summed E-state index contributed by atoms with van der Waals surface area (Å²) in [6.45, 7) is 2.16. The first-order valence-corrected chi connectivity index (χ1v) is 9.24. The minimum Gasteiger partial charge on any atom is -0.493 e. The number of esters is 1. The van der Waals surface area contributed by atoms with E-state index in [4.69, 9.17) is 14.2 Å². The van der Waals surface area contributed by atoms with E-state index >= 15 is 0 Å². The Morgan fingerprint density at radius 3 is 2.11 bits per heavy atom. The third-order valence-electron chi connectivity index (χ3n) is 4.41. The highest BCUT2D eigenvalue weighted by atomic mass is 16.5. The van der Waals surface area contributed by atoms with Crippen LogP contribution in [0.25, 0.3) is 0 Å². The van der Waals surface area contributed by atoms with Gasteiger partial charge in [0.15, 0.2) is 11.5 Å². The number of hydrogen-bond donors (Lipinski definition) is 1. The van der Waals surface area contributed by atoms with Crippen LogP contribution in [0.5, 0.6) is 11.5 Å². The molecule has 1 amide bonds. The van der Waals surface area contributed by atoms with E-state index in [2.05, 4.69) is 24.4 Å². The molecular weight excluding hydrogens is 358 g/mol. The van der Waals surface area contributed by atoms with E-state index in [1.807, 2.05) is 12.1 Å². The van der Waals surface area contributed by atoms with Crippen LogP contribution in [0.3, 0.4) is 0 Å². The minimum absolute atomic E-state index is 0.197. The Morgan fingerprint density at radius 2 is 1.54 bits per heavy atom. The fraction of sp³-hybridized carbons (Fsp3) is 0.364. The van der Waals surface area contributed by atoms with E-state index in [0.717, 1.165) is 24.8 Å². The molecule has 0 aliphatic carbocycles. The van der Waals surface area contributed by atoms with Crippen LogP contribution >= 0.6 is 0 Å². The Kier molecular flexibility index (Phi) is 7.87. The molecule has 2 aromatic carbocycles. The summed E-state index contributed by atoms with van der Waals surface area (Å²) in [5, 5.41) is 2.77. The maximum atomic E-state index is 12.5. The number of aryl methyl sites for hydroxylation is 1. The Labute approximate surface area is 165 Å². The van der Waals surface area contributed by atoms with E-state index in [1.165, 1.54) is 33.0 Å². The highest BCUT2D eigenvalue weighted by molar-refractivity contribution is 6.02. The molecule has 0 saturated heterocycles. The zero-order valence-corrected chi connectivity index (χ0v) is 16.8.